The summed E-state index contributed by atoms with van der Waals surface area (Å²) < 4.78 is 1.78. The molecular weight excluding hydrogens is 262 g/mol. The van der Waals surface area contributed by atoms with Crippen LogP contribution in [-0.2, 0) is 6.54 Å². The highest BCUT2D eigenvalue weighted by Crippen LogP contribution is 2.26. The minimum absolute atomic E-state index is 0.343. The number of halogens is 1. The van der Waals surface area contributed by atoms with Crippen LogP contribution in [0, 0.1) is 0 Å². The first-order chi connectivity index (χ1) is 9.11. The van der Waals surface area contributed by atoms with E-state index < -0.39 is 0 Å². The van der Waals surface area contributed by atoms with Crippen LogP contribution in [-0.4, -0.2) is 19.8 Å². The van der Waals surface area contributed by atoms with Crippen LogP contribution in [0.1, 0.15) is 31.0 Å². The molecular formula is C13H14ClN5. The normalized spacial score (nSPS) is 11.8. The van der Waals surface area contributed by atoms with Gasteiger partial charge in [-0.25, -0.2) is 4.52 Å². The summed E-state index contributed by atoms with van der Waals surface area (Å²) in [5, 5.41) is 13.5. The lowest BCUT2D eigenvalue weighted by Gasteiger charge is -2.05. The molecule has 98 valence electrons. The van der Waals surface area contributed by atoms with Crippen LogP contribution < -0.4 is 5.73 Å². The van der Waals surface area contributed by atoms with Crippen LogP contribution >= 0.6 is 11.6 Å². The number of benzene rings is 1. The highest BCUT2D eigenvalue weighted by atomic mass is 35.5. The summed E-state index contributed by atoms with van der Waals surface area (Å²) in [6, 6.07) is 5.78. The Bertz CT molecular complexity index is 762. The molecule has 0 aliphatic carbocycles. The number of aromatic nitrogens is 4. The Morgan fingerprint density at radius 2 is 2.11 bits per heavy atom. The van der Waals surface area contributed by atoms with Gasteiger partial charge >= 0.3 is 0 Å². The summed E-state index contributed by atoms with van der Waals surface area (Å²) in [6.07, 6.45) is 0. The molecule has 3 aromatic rings. The molecule has 0 atom stereocenters. The highest BCUT2D eigenvalue weighted by molar-refractivity contribution is 6.35. The number of nitrogens with two attached hydrogens (primary N) is 1. The molecule has 3 rings (SSSR count). The lowest BCUT2D eigenvalue weighted by atomic mass is 10.1. The van der Waals surface area contributed by atoms with Gasteiger partial charge in [-0.3, -0.25) is 0 Å². The minimum atomic E-state index is 0.343. The lowest BCUT2D eigenvalue weighted by Crippen LogP contribution is -2.02. The fourth-order valence-corrected chi connectivity index (χ4v) is 2.32. The zero-order valence-electron chi connectivity index (χ0n) is 10.8. The summed E-state index contributed by atoms with van der Waals surface area (Å²) in [4.78, 5) is 0. The maximum atomic E-state index is 6.29. The van der Waals surface area contributed by atoms with Crippen molar-refractivity contribution in [3.63, 3.8) is 0 Å². The van der Waals surface area contributed by atoms with E-state index in [9.17, 15) is 0 Å². The summed E-state index contributed by atoms with van der Waals surface area (Å²) in [5.74, 6) is 0.343. The third kappa shape index (κ3) is 1.86. The zero-order valence-corrected chi connectivity index (χ0v) is 11.5. The van der Waals surface area contributed by atoms with Gasteiger partial charge < -0.3 is 5.73 Å². The standard InChI is InChI=1S/C13H14ClN5/c1-7(2)9-5-11-16-17-13-10(19(11)18-9)4-3-8(6-15)12(13)14/h3-5,7H,6,15H2,1-2H3. The van der Waals surface area contributed by atoms with Gasteiger partial charge in [0.2, 0.25) is 0 Å². The maximum Gasteiger partial charge on any atom is 0.178 e. The first-order valence-electron chi connectivity index (χ1n) is 6.15. The second-order valence-electron chi connectivity index (χ2n) is 4.80. The molecule has 0 aliphatic rings. The fraction of sp³-hybridized carbons (Fsp3) is 0.308. The van der Waals surface area contributed by atoms with Gasteiger partial charge in [-0.2, -0.15) is 5.10 Å². The quantitative estimate of drug-likeness (QED) is 0.780. The van der Waals surface area contributed by atoms with Crippen molar-refractivity contribution < 1.29 is 0 Å². The van der Waals surface area contributed by atoms with Gasteiger partial charge in [0.1, 0.15) is 5.52 Å². The second kappa shape index (κ2) is 4.43. The Kier molecular flexibility index (Phi) is 2.88. The van der Waals surface area contributed by atoms with Gasteiger partial charge in [-0.1, -0.05) is 31.5 Å². The van der Waals surface area contributed by atoms with E-state index in [1.165, 1.54) is 0 Å². The number of fused-ring (bicyclic) bond motifs is 3. The van der Waals surface area contributed by atoms with Crippen LogP contribution in [0.4, 0.5) is 0 Å². The van der Waals surface area contributed by atoms with Crippen molar-refractivity contribution >= 4 is 28.3 Å². The van der Waals surface area contributed by atoms with E-state index in [-0.39, 0.29) is 0 Å². The molecule has 0 bridgehead atoms. The molecule has 0 amide bonds. The number of hydrogen-bond donors (Lipinski definition) is 1. The molecule has 0 saturated carbocycles. The van der Waals surface area contributed by atoms with Gasteiger partial charge in [-0.15, -0.1) is 10.2 Å². The topological polar surface area (TPSA) is 69.1 Å². The zero-order chi connectivity index (χ0) is 13.6. The molecule has 5 nitrogen and oxygen atoms in total. The molecule has 6 heteroatoms. The van der Waals surface area contributed by atoms with Gasteiger partial charge in [0.05, 0.1) is 16.2 Å². The van der Waals surface area contributed by atoms with E-state index in [4.69, 9.17) is 17.3 Å². The van der Waals surface area contributed by atoms with Gasteiger partial charge in [0, 0.05) is 12.6 Å². The Balaban J connectivity index is 2.37. The summed E-state index contributed by atoms with van der Waals surface area (Å²) in [7, 11) is 0. The molecule has 0 spiro atoms. The molecule has 2 aromatic heterocycles. The number of rotatable bonds is 2. The van der Waals surface area contributed by atoms with Crippen molar-refractivity contribution in [3.8, 4) is 0 Å². The van der Waals surface area contributed by atoms with E-state index in [1.807, 2.05) is 18.2 Å². The molecule has 2 heterocycles. The molecule has 1 aromatic carbocycles. The maximum absolute atomic E-state index is 6.29. The van der Waals surface area contributed by atoms with Crippen LogP contribution in [0.25, 0.3) is 16.7 Å². The fourth-order valence-electron chi connectivity index (χ4n) is 2.04. The Morgan fingerprint density at radius 1 is 1.32 bits per heavy atom. The monoisotopic (exact) mass is 275 g/mol. The van der Waals surface area contributed by atoms with Crippen molar-refractivity contribution in [2.45, 2.75) is 26.3 Å². The van der Waals surface area contributed by atoms with Gasteiger partial charge in [0.15, 0.2) is 5.65 Å². The second-order valence-corrected chi connectivity index (χ2v) is 5.18. The Hall–Kier alpha value is -1.72. The minimum Gasteiger partial charge on any atom is -0.326 e. The number of hydrogen-bond acceptors (Lipinski definition) is 4. The average molecular weight is 276 g/mol. The summed E-state index contributed by atoms with van der Waals surface area (Å²) >= 11 is 6.29. The third-order valence-corrected chi connectivity index (χ3v) is 3.60. The Morgan fingerprint density at radius 3 is 2.79 bits per heavy atom. The highest BCUT2D eigenvalue weighted by Gasteiger charge is 2.13. The largest absolute Gasteiger partial charge is 0.326 e. The van der Waals surface area contributed by atoms with E-state index in [0.29, 0.717) is 23.0 Å². The molecule has 0 saturated heterocycles. The molecule has 0 radical (unpaired) electrons. The molecule has 0 fully saturated rings. The number of nitrogens with zero attached hydrogens (tertiary/aromatic N) is 4. The summed E-state index contributed by atoms with van der Waals surface area (Å²) in [5.41, 5.74) is 9.70. The van der Waals surface area contributed by atoms with Crippen LogP contribution in [0.3, 0.4) is 0 Å². The predicted molar refractivity (Wildman–Crippen MR) is 75.3 cm³/mol. The van der Waals surface area contributed by atoms with E-state index in [1.54, 1.807) is 4.52 Å². The van der Waals surface area contributed by atoms with Crippen molar-refractivity contribution in [2.75, 3.05) is 0 Å². The van der Waals surface area contributed by atoms with Crippen LogP contribution in [0.15, 0.2) is 18.2 Å². The van der Waals surface area contributed by atoms with Crippen molar-refractivity contribution in [1.29, 1.82) is 0 Å². The first-order valence-corrected chi connectivity index (χ1v) is 6.53. The third-order valence-electron chi connectivity index (χ3n) is 3.18. The van der Waals surface area contributed by atoms with E-state index >= 15 is 0 Å². The summed E-state index contributed by atoms with van der Waals surface area (Å²) in [6.45, 7) is 4.57. The van der Waals surface area contributed by atoms with Crippen molar-refractivity contribution in [2.24, 2.45) is 5.73 Å². The molecule has 2 N–H and O–H groups in total. The van der Waals surface area contributed by atoms with Crippen LogP contribution in [0.2, 0.25) is 5.02 Å². The Labute approximate surface area is 115 Å². The predicted octanol–water partition coefficient (Wildman–Crippen LogP) is 2.51. The SMILES string of the molecule is CC(C)c1cc2nnc3c(Cl)c(CN)ccc3n2n1. The molecule has 19 heavy (non-hydrogen) atoms. The smallest absolute Gasteiger partial charge is 0.178 e. The van der Waals surface area contributed by atoms with Gasteiger partial charge in [-0.05, 0) is 17.5 Å². The van der Waals surface area contributed by atoms with Gasteiger partial charge in [0.25, 0.3) is 0 Å². The lowest BCUT2D eigenvalue weighted by molar-refractivity contribution is 0.793. The first kappa shape index (κ1) is 12.3. The van der Waals surface area contributed by atoms with Crippen molar-refractivity contribution in [1.82, 2.24) is 19.8 Å². The van der Waals surface area contributed by atoms with Crippen LogP contribution in [0.5, 0.6) is 0 Å². The molecule has 0 aliphatic heterocycles. The van der Waals surface area contributed by atoms with Crippen molar-refractivity contribution in [3.05, 3.63) is 34.5 Å². The average Bonchev–Trinajstić information content (AvgIpc) is 2.83. The van der Waals surface area contributed by atoms with E-state index in [2.05, 4.69) is 29.1 Å². The molecule has 0 unspecified atom stereocenters. The van der Waals surface area contributed by atoms with E-state index in [0.717, 1.165) is 22.4 Å².